The van der Waals surface area contributed by atoms with Crippen molar-refractivity contribution in [2.45, 2.75) is 13.8 Å². The van der Waals surface area contributed by atoms with Gasteiger partial charge in [-0.2, -0.15) is 0 Å². The molecule has 156 valence electrons. The molecular formula is C22H25N5O3. The van der Waals surface area contributed by atoms with Crippen LogP contribution in [-0.2, 0) is 16.6 Å². The van der Waals surface area contributed by atoms with E-state index in [0.29, 0.717) is 29.4 Å². The van der Waals surface area contributed by atoms with E-state index in [0.717, 1.165) is 11.1 Å². The molecule has 0 bridgehead atoms. The molecule has 1 heterocycles. The maximum atomic E-state index is 12.6. The Morgan fingerprint density at radius 3 is 2.70 bits per heavy atom. The summed E-state index contributed by atoms with van der Waals surface area (Å²) in [5.41, 5.74) is 9.99. The van der Waals surface area contributed by atoms with Gasteiger partial charge in [-0.15, -0.1) is 0 Å². The van der Waals surface area contributed by atoms with Crippen molar-refractivity contribution in [3.63, 3.8) is 0 Å². The van der Waals surface area contributed by atoms with E-state index >= 15 is 0 Å². The molecule has 0 saturated carbocycles. The van der Waals surface area contributed by atoms with E-state index < -0.39 is 0 Å². The zero-order chi connectivity index (χ0) is 21.7. The third-order valence-corrected chi connectivity index (χ3v) is 4.57. The summed E-state index contributed by atoms with van der Waals surface area (Å²) in [6, 6.07) is 12.6. The Labute approximate surface area is 174 Å². The van der Waals surface area contributed by atoms with Gasteiger partial charge < -0.3 is 25.7 Å². The second-order valence-electron chi connectivity index (χ2n) is 6.80. The number of amides is 1. The number of ether oxygens (including phenoxy) is 1. The molecule has 0 unspecified atom stereocenters. The van der Waals surface area contributed by atoms with Crippen molar-refractivity contribution in [1.29, 1.82) is 0 Å². The monoisotopic (exact) mass is 407 g/mol. The van der Waals surface area contributed by atoms with Gasteiger partial charge in [0.25, 0.3) is 5.56 Å². The summed E-state index contributed by atoms with van der Waals surface area (Å²) in [5, 5.41) is 5.81. The minimum atomic E-state index is -0.272. The van der Waals surface area contributed by atoms with Crippen molar-refractivity contribution in [2.75, 3.05) is 29.6 Å². The lowest BCUT2D eigenvalue weighted by atomic mass is 10.0. The predicted molar refractivity (Wildman–Crippen MR) is 119 cm³/mol. The summed E-state index contributed by atoms with van der Waals surface area (Å²) in [6.45, 7) is 4.19. The number of hydrogen-bond acceptors (Lipinski definition) is 6. The third-order valence-electron chi connectivity index (χ3n) is 4.57. The number of benzene rings is 2. The lowest BCUT2D eigenvalue weighted by molar-refractivity contribution is -0.120. The molecule has 0 aliphatic heterocycles. The molecular weight excluding hydrogens is 382 g/mol. The van der Waals surface area contributed by atoms with Crippen LogP contribution in [0.2, 0.25) is 0 Å². The van der Waals surface area contributed by atoms with Crippen LogP contribution in [0.5, 0.6) is 0 Å². The average Bonchev–Trinajstić information content (AvgIpc) is 2.72. The number of anilines is 4. The van der Waals surface area contributed by atoms with E-state index in [4.69, 9.17) is 10.5 Å². The van der Waals surface area contributed by atoms with E-state index in [9.17, 15) is 9.59 Å². The first-order valence-corrected chi connectivity index (χ1v) is 9.57. The zero-order valence-corrected chi connectivity index (χ0v) is 17.2. The number of hydrogen-bond donors (Lipinski definition) is 3. The summed E-state index contributed by atoms with van der Waals surface area (Å²) in [4.78, 5) is 29.0. The fraction of sp³-hybridized carbons (Fsp3) is 0.227. The van der Waals surface area contributed by atoms with Gasteiger partial charge in [-0.1, -0.05) is 18.2 Å². The van der Waals surface area contributed by atoms with E-state index in [1.54, 1.807) is 37.5 Å². The van der Waals surface area contributed by atoms with Gasteiger partial charge in [-0.3, -0.25) is 9.59 Å². The summed E-state index contributed by atoms with van der Waals surface area (Å²) in [6.07, 6.45) is 1.68. The van der Waals surface area contributed by atoms with Gasteiger partial charge in [-0.25, -0.2) is 4.98 Å². The number of nitrogens with two attached hydrogens (primary N) is 1. The molecule has 30 heavy (non-hydrogen) atoms. The molecule has 2 aromatic carbocycles. The van der Waals surface area contributed by atoms with Gasteiger partial charge in [0.2, 0.25) is 5.91 Å². The number of carbonyl (C=O) groups is 1. The van der Waals surface area contributed by atoms with Crippen LogP contribution in [-0.4, -0.2) is 28.7 Å². The van der Waals surface area contributed by atoms with Gasteiger partial charge >= 0.3 is 0 Å². The van der Waals surface area contributed by atoms with E-state index in [2.05, 4.69) is 15.6 Å². The molecule has 0 aliphatic rings. The topological polar surface area (TPSA) is 111 Å². The molecule has 0 atom stereocenters. The molecule has 8 nitrogen and oxygen atoms in total. The lowest BCUT2D eigenvalue weighted by Crippen LogP contribution is -2.21. The Morgan fingerprint density at radius 2 is 1.93 bits per heavy atom. The average molecular weight is 407 g/mol. The molecule has 4 N–H and O–H groups in total. The number of aromatic nitrogens is 2. The Balaban J connectivity index is 1.89. The van der Waals surface area contributed by atoms with E-state index in [1.165, 1.54) is 4.57 Å². The largest absolute Gasteiger partial charge is 0.398 e. The zero-order valence-electron chi connectivity index (χ0n) is 17.2. The number of nitrogen functional groups attached to an aromatic ring is 1. The molecule has 0 spiro atoms. The maximum Gasteiger partial charge on any atom is 0.293 e. The smallest absolute Gasteiger partial charge is 0.293 e. The first-order valence-electron chi connectivity index (χ1n) is 9.57. The SMILES string of the molecule is CCOCC(=O)Nc1cccc(Nc2nc(-c3cccc(N)c3C)cn(C)c2=O)c1. The molecule has 3 aromatic rings. The summed E-state index contributed by atoms with van der Waals surface area (Å²) >= 11 is 0. The van der Waals surface area contributed by atoms with Crippen LogP contribution in [0.3, 0.4) is 0 Å². The van der Waals surface area contributed by atoms with Crippen molar-refractivity contribution >= 4 is 28.8 Å². The van der Waals surface area contributed by atoms with Crippen molar-refractivity contribution < 1.29 is 9.53 Å². The Morgan fingerprint density at radius 1 is 1.20 bits per heavy atom. The van der Waals surface area contributed by atoms with E-state index in [-0.39, 0.29) is 23.9 Å². The standard InChI is InChI=1S/C22H25N5O3/c1-4-30-13-20(28)24-15-7-5-8-16(11-15)25-21-22(29)27(3)12-19(26-21)17-9-6-10-18(23)14(17)2/h5-12H,4,13,23H2,1-3H3,(H,24,28)(H,25,26). The molecule has 3 rings (SSSR count). The van der Waals surface area contributed by atoms with Crippen molar-refractivity contribution in [3.8, 4) is 11.3 Å². The van der Waals surface area contributed by atoms with Gasteiger partial charge in [0.05, 0.1) is 5.69 Å². The second kappa shape index (κ2) is 9.23. The fourth-order valence-corrected chi connectivity index (χ4v) is 2.95. The molecule has 1 amide bonds. The van der Waals surface area contributed by atoms with Crippen LogP contribution < -0.4 is 21.9 Å². The highest BCUT2D eigenvalue weighted by Crippen LogP contribution is 2.26. The number of carbonyl (C=O) groups excluding carboxylic acids is 1. The fourth-order valence-electron chi connectivity index (χ4n) is 2.95. The van der Waals surface area contributed by atoms with Crippen molar-refractivity contribution in [3.05, 3.63) is 64.6 Å². The minimum Gasteiger partial charge on any atom is -0.398 e. The van der Waals surface area contributed by atoms with E-state index in [1.807, 2.05) is 32.0 Å². The number of nitrogens with zero attached hydrogens (tertiary/aromatic N) is 2. The summed E-state index contributed by atoms with van der Waals surface area (Å²) in [5.74, 6) is -0.0724. The minimum absolute atomic E-state index is 0.0160. The van der Waals surface area contributed by atoms with Crippen LogP contribution in [0.15, 0.2) is 53.5 Å². The van der Waals surface area contributed by atoms with Gasteiger partial charge in [0.1, 0.15) is 6.61 Å². The van der Waals surface area contributed by atoms with Crippen LogP contribution in [0.4, 0.5) is 22.9 Å². The quantitative estimate of drug-likeness (QED) is 0.519. The Hall–Kier alpha value is -3.65. The van der Waals surface area contributed by atoms with Gasteiger partial charge in [0, 0.05) is 42.5 Å². The number of aryl methyl sites for hydroxylation is 1. The van der Waals surface area contributed by atoms with Crippen molar-refractivity contribution in [1.82, 2.24) is 9.55 Å². The molecule has 0 saturated heterocycles. The van der Waals surface area contributed by atoms with Crippen LogP contribution in [0.25, 0.3) is 11.3 Å². The predicted octanol–water partition coefficient (Wildman–Crippen LogP) is 3.06. The Kier molecular flexibility index (Phi) is 6.48. The summed E-state index contributed by atoms with van der Waals surface area (Å²) < 4.78 is 6.58. The molecule has 0 aliphatic carbocycles. The third kappa shape index (κ3) is 4.84. The highest BCUT2D eigenvalue weighted by molar-refractivity contribution is 5.92. The maximum absolute atomic E-state index is 12.6. The first kappa shape index (κ1) is 21.1. The van der Waals surface area contributed by atoms with Gasteiger partial charge in [0.15, 0.2) is 5.82 Å². The molecule has 1 aromatic heterocycles. The van der Waals surface area contributed by atoms with Crippen LogP contribution >= 0.6 is 0 Å². The first-order chi connectivity index (χ1) is 14.4. The lowest BCUT2D eigenvalue weighted by Gasteiger charge is -2.13. The summed E-state index contributed by atoms with van der Waals surface area (Å²) in [7, 11) is 1.67. The van der Waals surface area contributed by atoms with Crippen molar-refractivity contribution in [2.24, 2.45) is 7.05 Å². The Bertz CT molecular complexity index is 1120. The van der Waals surface area contributed by atoms with Crippen LogP contribution in [0, 0.1) is 6.92 Å². The van der Waals surface area contributed by atoms with Gasteiger partial charge in [-0.05, 0) is 43.7 Å². The molecule has 0 fully saturated rings. The normalized spacial score (nSPS) is 10.6. The highest BCUT2D eigenvalue weighted by Gasteiger charge is 2.12. The highest BCUT2D eigenvalue weighted by atomic mass is 16.5. The number of rotatable bonds is 7. The second-order valence-corrected chi connectivity index (χ2v) is 6.80. The molecule has 0 radical (unpaired) electrons. The molecule has 8 heteroatoms. The number of nitrogens with one attached hydrogen (secondary N) is 2. The van der Waals surface area contributed by atoms with Crippen LogP contribution in [0.1, 0.15) is 12.5 Å².